The lowest BCUT2D eigenvalue weighted by Crippen LogP contribution is -2.30. The zero-order valence-corrected chi connectivity index (χ0v) is 19.8. The Kier molecular flexibility index (Phi) is 5.18. The Bertz CT molecular complexity index is 1150. The first kappa shape index (κ1) is 21.1. The Morgan fingerprint density at radius 2 is 2.21 bits per heavy atom. The van der Waals surface area contributed by atoms with E-state index in [4.69, 9.17) is 14.6 Å². The van der Waals surface area contributed by atoms with E-state index in [0.717, 1.165) is 35.8 Å². The molecule has 33 heavy (non-hydrogen) atoms. The van der Waals surface area contributed by atoms with E-state index in [1.54, 1.807) is 7.11 Å². The molecule has 0 radical (unpaired) electrons. The summed E-state index contributed by atoms with van der Waals surface area (Å²) >= 11 is 0. The number of ether oxygens (including phenoxy) is 2. The van der Waals surface area contributed by atoms with Crippen molar-refractivity contribution in [1.29, 1.82) is 0 Å². The Morgan fingerprint density at radius 1 is 1.33 bits per heavy atom. The number of aromatic nitrogens is 5. The summed E-state index contributed by atoms with van der Waals surface area (Å²) < 4.78 is 14.8. The van der Waals surface area contributed by atoms with E-state index in [1.165, 1.54) is 37.8 Å². The Balaban J connectivity index is 1.37. The topological polar surface area (TPSA) is 78.5 Å². The molecule has 6 rings (SSSR count). The molecule has 1 saturated heterocycles. The maximum absolute atomic E-state index is 5.35. The van der Waals surface area contributed by atoms with Crippen molar-refractivity contribution in [2.24, 2.45) is 11.3 Å². The molecule has 8 heteroatoms. The molecule has 2 saturated carbocycles. The fourth-order valence-electron chi connectivity index (χ4n) is 6.04. The molecule has 3 aliphatic rings. The average molecular weight is 451 g/mol. The summed E-state index contributed by atoms with van der Waals surface area (Å²) in [6.07, 6.45) is 12.6. The van der Waals surface area contributed by atoms with E-state index < -0.39 is 0 Å². The van der Waals surface area contributed by atoms with Gasteiger partial charge in [0.15, 0.2) is 0 Å². The molecule has 0 amide bonds. The van der Waals surface area contributed by atoms with Gasteiger partial charge < -0.3 is 14.8 Å². The third kappa shape index (κ3) is 3.64. The van der Waals surface area contributed by atoms with Crippen LogP contribution in [0.2, 0.25) is 0 Å². The minimum atomic E-state index is 0.139. The van der Waals surface area contributed by atoms with Crippen LogP contribution in [0.15, 0.2) is 24.7 Å². The third-order valence-corrected chi connectivity index (χ3v) is 8.28. The highest BCUT2D eigenvalue weighted by Crippen LogP contribution is 2.65. The number of fused-ring (bicyclic) bond motifs is 2. The van der Waals surface area contributed by atoms with Crippen molar-refractivity contribution in [2.75, 3.05) is 32.2 Å². The highest BCUT2D eigenvalue weighted by atomic mass is 16.5. The number of hydrogen-bond acceptors (Lipinski definition) is 6. The Labute approximate surface area is 194 Å². The summed E-state index contributed by atoms with van der Waals surface area (Å²) in [5, 5.41) is 13.0. The van der Waals surface area contributed by atoms with Crippen LogP contribution in [-0.2, 0) is 9.47 Å². The molecule has 3 aromatic heterocycles. The average Bonchev–Trinajstić information content (AvgIpc) is 3.10. The number of methoxy groups -OCH3 is 1. The molecular formula is C25H34N6O2. The van der Waals surface area contributed by atoms with Gasteiger partial charge in [-0.2, -0.15) is 5.10 Å². The Morgan fingerprint density at radius 3 is 2.94 bits per heavy atom. The first-order valence-electron chi connectivity index (χ1n) is 12.4. The highest BCUT2D eigenvalue weighted by Gasteiger charge is 2.55. The van der Waals surface area contributed by atoms with E-state index in [-0.39, 0.29) is 6.04 Å². The minimum absolute atomic E-state index is 0.139. The van der Waals surface area contributed by atoms with E-state index in [2.05, 4.69) is 46.0 Å². The highest BCUT2D eigenvalue weighted by molar-refractivity contribution is 5.81. The van der Waals surface area contributed by atoms with E-state index in [9.17, 15) is 0 Å². The molecule has 2 aliphatic carbocycles. The second-order valence-electron chi connectivity index (χ2n) is 10.4. The summed E-state index contributed by atoms with van der Waals surface area (Å²) in [4.78, 5) is 4.64. The van der Waals surface area contributed by atoms with Crippen LogP contribution < -0.4 is 5.32 Å². The van der Waals surface area contributed by atoms with Gasteiger partial charge in [-0.3, -0.25) is 4.68 Å². The molecule has 1 unspecified atom stereocenters. The van der Waals surface area contributed by atoms with Crippen molar-refractivity contribution >= 4 is 11.5 Å². The van der Waals surface area contributed by atoms with Crippen molar-refractivity contribution in [3.05, 3.63) is 30.4 Å². The quantitative estimate of drug-likeness (QED) is 0.551. The predicted octanol–water partition coefficient (Wildman–Crippen LogP) is 4.29. The van der Waals surface area contributed by atoms with Gasteiger partial charge >= 0.3 is 0 Å². The van der Waals surface area contributed by atoms with E-state index in [0.29, 0.717) is 29.9 Å². The van der Waals surface area contributed by atoms with Gasteiger partial charge in [-0.05, 0) is 50.0 Å². The van der Waals surface area contributed by atoms with Crippen LogP contribution in [0.4, 0.5) is 5.95 Å². The van der Waals surface area contributed by atoms with Crippen molar-refractivity contribution < 1.29 is 9.47 Å². The van der Waals surface area contributed by atoms with Crippen molar-refractivity contribution in [1.82, 2.24) is 24.4 Å². The zero-order chi connectivity index (χ0) is 22.6. The van der Waals surface area contributed by atoms with Crippen LogP contribution in [-0.4, -0.2) is 57.4 Å². The predicted molar refractivity (Wildman–Crippen MR) is 126 cm³/mol. The number of nitrogens with one attached hydrogen (secondary N) is 1. The van der Waals surface area contributed by atoms with Crippen LogP contribution in [0.1, 0.15) is 63.6 Å². The van der Waals surface area contributed by atoms with Gasteiger partial charge in [0.1, 0.15) is 0 Å². The van der Waals surface area contributed by atoms with Crippen LogP contribution in [0.3, 0.4) is 0 Å². The first-order valence-corrected chi connectivity index (χ1v) is 12.4. The van der Waals surface area contributed by atoms with Gasteiger partial charge in [0, 0.05) is 42.1 Å². The number of rotatable bonds is 8. The van der Waals surface area contributed by atoms with Crippen LogP contribution in [0, 0.1) is 11.3 Å². The second kappa shape index (κ2) is 8.09. The fourth-order valence-corrected chi connectivity index (χ4v) is 6.04. The molecule has 4 heterocycles. The molecule has 0 aromatic carbocycles. The summed E-state index contributed by atoms with van der Waals surface area (Å²) in [7, 11) is 1.71. The van der Waals surface area contributed by atoms with Gasteiger partial charge in [0.25, 0.3) is 0 Å². The number of hydrogen-bond donors (Lipinski definition) is 1. The summed E-state index contributed by atoms with van der Waals surface area (Å²) in [6, 6.07) is 2.83. The Hall–Kier alpha value is -2.45. The second-order valence-corrected chi connectivity index (χ2v) is 10.4. The van der Waals surface area contributed by atoms with E-state index >= 15 is 0 Å². The zero-order valence-electron chi connectivity index (χ0n) is 19.8. The lowest BCUT2D eigenvalue weighted by atomic mass is 9.79. The molecule has 3 aromatic rings. The molecular weight excluding hydrogens is 416 g/mol. The normalized spacial score (nSPS) is 27.8. The first-order chi connectivity index (χ1) is 16.1. The lowest BCUT2D eigenvalue weighted by Gasteiger charge is -2.27. The third-order valence-electron chi connectivity index (χ3n) is 8.28. The largest absolute Gasteiger partial charge is 0.383 e. The van der Waals surface area contributed by atoms with Gasteiger partial charge in [0.2, 0.25) is 5.95 Å². The fraction of sp³-hybridized carbons (Fsp3) is 0.640. The van der Waals surface area contributed by atoms with Crippen LogP contribution >= 0.6 is 0 Å². The molecule has 3 fully saturated rings. The maximum Gasteiger partial charge on any atom is 0.241 e. The monoisotopic (exact) mass is 450 g/mol. The van der Waals surface area contributed by atoms with Crippen LogP contribution in [0.25, 0.3) is 16.6 Å². The van der Waals surface area contributed by atoms with Gasteiger partial charge in [-0.15, -0.1) is 5.10 Å². The summed E-state index contributed by atoms with van der Waals surface area (Å²) in [5.74, 6) is 2.05. The molecule has 4 atom stereocenters. The number of nitrogens with zero attached hydrogens (tertiary/aromatic N) is 5. The molecule has 8 nitrogen and oxygen atoms in total. The smallest absolute Gasteiger partial charge is 0.241 e. The van der Waals surface area contributed by atoms with Crippen molar-refractivity contribution in [2.45, 2.75) is 64.0 Å². The molecule has 1 aliphatic heterocycles. The lowest BCUT2D eigenvalue weighted by molar-refractivity contribution is -0.0286. The maximum atomic E-state index is 5.35. The summed E-state index contributed by atoms with van der Waals surface area (Å²) in [5.41, 5.74) is 5.27. The molecule has 0 spiro atoms. The van der Waals surface area contributed by atoms with Gasteiger partial charge in [-0.25, -0.2) is 9.50 Å². The SMILES string of the molecule is CC[C@]12CC[C@@H](c3cc(-c4cnn(C5COC5)c4)c4cnc(N[C@@H](C)COC)nn34)CC1C2. The molecule has 176 valence electrons. The standard InChI is InChI=1S/C25H34N6O2/c1-4-25-6-5-17(7-19(25)9-25)22-8-21(18-10-27-30(12-18)20-14-33-15-20)23-11-26-24(29-31(22)23)28-16(2)13-32-3/h8,10-12,16-17,19-20H,4-7,9,13-15H2,1-3H3,(H,28,29)/t16-,17+,19?,25+/m0/s1. The minimum Gasteiger partial charge on any atom is -0.383 e. The van der Waals surface area contributed by atoms with E-state index in [1.807, 2.05) is 17.1 Å². The van der Waals surface area contributed by atoms with Crippen LogP contribution in [0.5, 0.6) is 0 Å². The van der Waals surface area contributed by atoms with Crippen molar-refractivity contribution in [3.63, 3.8) is 0 Å². The summed E-state index contributed by atoms with van der Waals surface area (Å²) in [6.45, 7) is 6.53. The van der Waals surface area contributed by atoms with Gasteiger partial charge in [0.05, 0.1) is 43.8 Å². The number of anilines is 1. The molecule has 0 bridgehead atoms. The molecule has 1 N–H and O–H groups in total. The van der Waals surface area contributed by atoms with Crippen molar-refractivity contribution in [3.8, 4) is 11.1 Å². The van der Waals surface area contributed by atoms with Gasteiger partial charge in [-0.1, -0.05) is 13.3 Å².